The SMILES string of the molecule is O=C1N(Cc2c(F)cccc2Cl)c2ccccc2SN1c1cccc(SC(F)(F)F)c1. The average Bonchev–Trinajstić information content (AvgIpc) is 2.71. The van der Waals surface area contributed by atoms with Gasteiger partial charge in [0.1, 0.15) is 5.82 Å². The fourth-order valence-corrected chi connectivity index (χ4v) is 4.89. The maximum atomic E-state index is 14.4. The van der Waals surface area contributed by atoms with Crippen molar-refractivity contribution in [1.82, 2.24) is 0 Å². The first kappa shape index (κ1) is 21.9. The van der Waals surface area contributed by atoms with Crippen LogP contribution in [0.3, 0.4) is 0 Å². The molecule has 10 heteroatoms. The Bertz CT molecular complexity index is 1120. The third kappa shape index (κ3) is 4.78. The van der Waals surface area contributed by atoms with Crippen molar-refractivity contribution in [2.75, 3.05) is 9.21 Å². The van der Waals surface area contributed by atoms with Crippen molar-refractivity contribution in [3.63, 3.8) is 0 Å². The lowest BCUT2D eigenvalue weighted by molar-refractivity contribution is -0.0328. The standard InChI is InChI=1S/C21H13ClF4N2OS2/c22-16-7-4-8-17(23)15(16)12-27-18-9-1-2-10-19(18)31-28(20(27)29)13-5-3-6-14(11-13)30-21(24,25)26/h1-11H,12H2. The molecule has 0 aliphatic carbocycles. The summed E-state index contributed by atoms with van der Waals surface area (Å²) >= 11 is 6.99. The number of hydrogen-bond acceptors (Lipinski definition) is 3. The van der Waals surface area contributed by atoms with Crippen molar-refractivity contribution in [3.05, 3.63) is 83.1 Å². The molecular formula is C21H13ClF4N2OS2. The highest BCUT2D eigenvalue weighted by molar-refractivity contribution is 8.01. The van der Waals surface area contributed by atoms with Crippen LogP contribution in [0.15, 0.2) is 76.5 Å². The summed E-state index contributed by atoms with van der Waals surface area (Å²) in [7, 11) is 0. The van der Waals surface area contributed by atoms with Gasteiger partial charge in [0.05, 0.1) is 22.8 Å². The third-order valence-corrected chi connectivity index (χ3v) is 6.58. The summed E-state index contributed by atoms with van der Waals surface area (Å²) in [6.07, 6.45) is 0. The Labute approximate surface area is 189 Å². The Balaban J connectivity index is 1.73. The zero-order chi connectivity index (χ0) is 22.2. The van der Waals surface area contributed by atoms with Crippen molar-refractivity contribution >= 4 is 52.7 Å². The van der Waals surface area contributed by atoms with Gasteiger partial charge in [-0.2, -0.15) is 13.2 Å². The first-order chi connectivity index (χ1) is 14.7. The van der Waals surface area contributed by atoms with Crippen LogP contribution in [0.1, 0.15) is 5.56 Å². The molecule has 1 heterocycles. The number of thioether (sulfide) groups is 1. The van der Waals surface area contributed by atoms with Crippen molar-refractivity contribution in [2.45, 2.75) is 21.8 Å². The highest BCUT2D eigenvalue weighted by Crippen LogP contribution is 2.44. The maximum Gasteiger partial charge on any atom is 0.446 e. The van der Waals surface area contributed by atoms with Gasteiger partial charge in [-0.3, -0.25) is 4.90 Å². The molecule has 0 bridgehead atoms. The van der Waals surface area contributed by atoms with Gasteiger partial charge in [0, 0.05) is 15.5 Å². The van der Waals surface area contributed by atoms with Gasteiger partial charge < -0.3 is 0 Å². The first-order valence-electron chi connectivity index (χ1n) is 8.90. The van der Waals surface area contributed by atoms with Gasteiger partial charge in [-0.25, -0.2) is 13.5 Å². The number of urea groups is 1. The molecule has 0 spiro atoms. The molecule has 0 aromatic heterocycles. The lowest BCUT2D eigenvalue weighted by Crippen LogP contribution is -2.43. The van der Waals surface area contributed by atoms with Gasteiger partial charge in [0.2, 0.25) is 0 Å². The molecule has 0 unspecified atom stereocenters. The van der Waals surface area contributed by atoms with Crippen LogP contribution in [0.2, 0.25) is 5.02 Å². The zero-order valence-electron chi connectivity index (χ0n) is 15.6. The van der Waals surface area contributed by atoms with Crippen LogP contribution >= 0.6 is 35.3 Å². The molecule has 3 nitrogen and oxygen atoms in total. The quantitative estimate of drug-likeness (QED) is 0.215. The molecule has 0 N–H and O–H groups in total. The van der Waals surface area contributed by atoms with Crippen LogP contribution in [0.25, 0.3) is 0 Å². The molecule has 0 radical (unpaired) electrons. The van der Waals surface area contributed by atoms with E-state index in [1.807, 2.05) is 0 Å². The molecule has 4 rings (SSSR count). The number of carbonyl (C=O) groups excluding carboxylic acids is 1. The minimum atomic E-state index is -4.45. The molecule has 31 heavy (non-hydrogen) atoms. The van der Waals surface area contributed by atoms with Crippen LogP contribution < -0.4 is 9.21 Å². The Morgan fingerprint density at radius 3 is 2.48 bits per heavy atom. The number of carbonyl (C=O) groups is 1. The molecule has 3 aromatic rings. The first-order valence-corrected chi connectivity index (χ1v) is 10.9. The minimum absolute atomic E-state index is 0.0408. The van der Waals surface area contributed by atoms with E-state index < -0.39 is 17.4 Å². The van der Waals surface area contributed by atoms with E-state index in [0.29, 0.717) is 10.6 Å². The Kier molecular flexibility index (Phi) is 6.09. The molecule has 1 aliphatic rings. The lowest BCUT2D eigenvalue weighted by atomic mass is 10.2. The van der Waals surface area contributed by atoms with E-state index in [0.717, 1.165) is 11.9 Å². The highest BCUT2D eigenvalue weighted by Gasteiger charge is 2.34. The monoisotopic (exact) mass is 484 g/mol. The van der Waals surface area contributed by atoms with E-state index in [1.165, 1.54) is 45.6 Å². The van der Waals surface area contributed by atoms with Crippen molar-refractivity contribution in [2.24, 2.45) is 0 Å². The van der Waals surface area contributed by atoms with Crippen LogP contribution in [0, 0.1) is 5.82 Å². The Morgan fingerprint density at radius 2 is 1.74 bits per heavy atom. The van der Waals surface area contributed by atoms with E-state index in [9.17, 15) is 22.4 Å². The summed E-state index contributed by atoms with van der Waals surface area (Å²) in [5.41, 5.74) is -3.45. The number of amides is 2. The fraction of sp³-hybridized carbons (Fsp3) is 0.0952. The van der Waals surface area contributed by atoms with E-state index in [4.69, 9.17) is 11.6 Å². The molecule has 1 aliphatic heterocycles. The smallest absolute Gasteiger partial charge is 0.288 e. The minimum Gasteiger partial charge on any atom is -0.288 e. The van der Waals surface area contributed by atoms with Gasteiger partial charge >= 0.3 is 11.5 Å². The molecule has 0 saturated heterocycles. The molecule has 2 amide bonds. The number of halogens is 5. The van der Waals surface area contributed by atoms with Crippen molar-refractivity contribution < 1.29 is 22.4 Å². The fourth-order valence-electron chi connectivity index (χ4n) is 3.07. The van der Waals surface area contributed by atoms with E-state index >= 15 is 0 Å². The van der Waals surface area contributed by atoms with Gasteiger partial charge in [0.25, 0.3) is 0 Å². The van der Waals surface area contributed by atoms with Crippen molar-refractivity contribution in [3.8, 4) is 0 Å². The van der Waals surface area contributed by atoms with Gasteiger partial charge in [-0.05, 0) is 66.2 Å². The van der Waals surface area contributed by atoms with Crippen LogP contribution in [-0.2, 0) is 6.54 Å². The van der Waals surface area contributed by atoms with Gasteiger partial charge in [-0.1, -0.05) is 35.9 Å². The molecular weight excluding hydrogens is 472 g/mol. The second kappa shape index (κ2) is 8.64. The largest absolute Gasteiger partial charge is 0.446 e. The number of rotatable bonds is 4. The van der Waals surface area contributed by atoms with Crippen LogP contribution in [0.4, 0.5) is 33.7 Å². The Morgan fingerprint density at radius 1 is 1.00 bits per heavy atom. The van der Waals surface area contributed by atoms with E-state index in [-0.39, 0.29) is 39.5 Å². The van der Waals surface area contributed by atoms with E-state index in [2.05, 4.69) is 0 Å². The van der Waals surface area contributed by atoms with E-state index in [1.54, 1.807) is 30.3 Å². The second-order valence-corrected chi connectivity index (χ2v) is 9.00. The summed E-state index contributed by atoms with van der Waals surface area (Å²) in [5, 5.41) is 0.179. The van der Waals surface area contributed by atoms with Crippen LogP contribution in [-0.4, -0.2) is 11.5 Å². The van der Waals surface area contributed by atoms with Crippen LogP contribution in [0.5, 0.6) is 0 Å². The number of benzene rings is 3. The maximum absolute atomic E-state index is 14.4. The average molecular weight is 485 g/mol. The van der Waals surface area contributed by atoms with Gasteiger partial charge in [-0.15, -0.1) is 0 Å². The second-order valence-electron chi connectivity index (χ2n) is 6.47. The predicted molar refractivity (Wildman–Crippen MR) is 116 cm³/mol. The number of nitrogens with zero attached hydrogens (tertiary/aromatic N) is 2. The summed E-state index contributed by atoms with van der Waals surface area (Å²) in [6.45, 7) is -0.130. The summed E-state index contributed by atoms with van der Waals surface area (Å²) in [5.74, 6) is -0.550. The molecule has 160 valence electrons. The number of alkyl halides is 3. The molecule has 0 saturated carbocycles. The third-order valence-electron chi connectivity index (χ3n) is 4.41. The molecule has 0 fully saturated rings. The number of anilines is 2. The Hall–Kier alpha value is -2.36. The number of para-hydroxylation sites is 1. The topological polar surface area (TPSA) is 23.6 Å². The predicted octanol–water partition coefficient (Wildman–Crippen LogP) is 7.74. The summed E-state index contributed by atoms with van der Waals surface area (Å²) in [6, 6.07) is 16.4. The van der Waals surface area contributed by atoms with Crippen molar-refractivity contribution in [1.29, 1.82) is 0 Å². The normalized spacial score (nSPS) is 14.0. The summed E-state index contributed by atoms with van der Waals surface area (Å²) in [4.78, 5) is 15.4. The number of fused-ring (bicyclic) bond motifs is 1. The molecule has 3 aromatic carbocycles. The van der Waals surface area contributed by atoms with Gasteiger partial charge in [0.15, 0.2) is 0 Å². The zero-order valence-corrected chi connectivity index (χ0v) is 18.0. The lowest BCUT2D eigenvalue weighted by Gasteiger charge is -2.36. The molecule has 0 atom stereocenters. The summed E-state index contributed by atoms with van der Waals surface area (Å²) < 4.78 is 54.0. The highest BCUT2D eigenvalue weighted by atomic mass is 35.5. The number of hydrogen-bond donors (Lipinski definition) is 0.